The Hall–Kier alpha value is 0.240. The molecule has 0 N–H and O–H groups in total. The third kappa shape index (κ3) is 1.70. The van der Waals surface area contributed by atoms with Gasteiger partial charge in [0.1, 0.15) is 0 Å². The van der Waals surface area contributed by atoms with Crippen LogP contribution < -0.4 is 0 Å². The molecule has 1 fully saturated rings. The van der Waals surface area contributed by atoms with Crippen LogP contribution in [0.5, 0.6) is 0 Å². The van der Waals surface area contributed by atoms with E-state index >= 15 is 0 Å². The van der Waals surface area contributed by atoms with E-state index in [0.717, 1.165) is 10.9 Å². The first-order chi connectivity index (χ1) is 5.27. The maximum absolute atomic E-state index is 5.90. The zero-order chi connectivity index (χ0) is 7.84. The topological polar surface area (TPSA) is 0 Å². The molecule has 58 valence electrons. The van der Waals surface area contributed by atoms with Crippen molar-refractivity contribution in [1.82, 2.24) is 0 Å². The molecule has 0 nitrogen and oxygen atoms in total. The Labute approximate surface area is 85.1 Å². The van der Waals surface area contributed by atoms with Gasteiger partial charge in [-0.3, -0.25) is 0 Å². The van der Waals surface area contributed by atoms with E-state index < -0.39 is 0 Å². The molecule has 2 rings (SSSR count). The normalized spacial score (nSPS) is 16.9. The first-order valence-corrected chi connectivity index (χ1v) is 5.18. The van der Waals surface area contributed by atoms with E-state index in [2.05, 4.69) is 34.7 Å². The molecule has 0 unspecified atom stereocenters. The molecule has 0 aliphatic heterocycles. The molecular weight excluding hydrogens is 270 g/mol. The fourth-order valence-corrected chi connectivity index (χ4v) is 1.84. The highest BCUT2D eigenvalue weighted by Gasteiger charge is 2.23. The minimum Gasteiger partial charge on any atom is -0.0832 e. The van der Waals surface area contributed by atoms with Gasteiger partial charge in [0.25, 0.3) is 0 Å². The lowest BCUT2D eigenvalue weighted by molar-refractivity contribution is 1.13. The van der Waals surface area contributed by atoms with Crippen LogP contribution >= 0.6 is 34.2 Å². The minimum atomic E-state index is 0.834. The van der Waals surface area contributed by atoms with Crippen LogP contribution in [0.4, 0.5) is 0 Å². The lowest BCUT2D eigenvalue weighted by Gasteiger charge is -1.99. The van der Waals surface area contributed by atoms with Crippen molar-refractivity contribution in [1.29, 1.82) is 0 Å². The van der Waals surface area contributed by atoms with E-state index in [9.17, 15) is 0 Å². The summed E-state index contributed by atoms with van der Waals surface area (Å²) in [6.45, 7) is 0. The van der Waals surface area contributed by atoms with E-state index in [1.54, 1.807) is 0 Å². The monoisotopic (exact) mass is 278 g/mol. The van der Waals surface area contributed by atoms with Crippen molar-refractivity contribution >= 4 is 34.2 Å². The number of benzene rings is 1. The lowest BCUT2D eigenvalue weighted by Crippen LogP contribution is -1.80. The molecule has 0 bridgehead atoms. The van der Waals surface area contributed by atoms with Gasteiger partial charge >= 0.3 is 0 Å². The first-order valence-electron chi connectivity index (χ1n) is 3.72. The van der Waals surface area contributed by atoms with Gasteiger partial charge < -0.3 is 0 Å². The minimum absolute atomic E-state index is 0.834. The molecule has 1 saturated carbocycles. The Bertz CT molecular complexity index is 279. The van der Waals surface area contributed by atoms with Crippen molar-refractivity contribution in [3.63, 3.8) is 0 Å². The SMILES string of the molecule is Clc1ccc(C2CC2)cc1I. The summed E-state index contributed by atoms with van der Waals surface area (Å²) < 4.78 is 1.17. The molecule has 0 amide bonds. The summed E-state index contributed by atoms with van der Waals surface area (Å²) in [5, 5.41) is 0.870. The van der Waals surface area contributed by atoms with Crippen molar-refractivity contribution in [2.24, 2.45) is 0 Å². The van der Waals surface area contributed by atoms with Crippen LogP contribution in [0.2, 0.25) is 5.02 Å². The fourth-order valence-electron chi connectivity index (χ4n) is 1.18. The zero-order valence-corrected chi connectivity index (χ0v) is 8.89. The van der Waals surface area contributed by atoms with Crippen LogP contribution in [0.25, 0.3) is 0 Å². The molecule has 1 aliphatic carbocycles. The number of rotatable bonds is 1. The van der Waals surface area contributed by atoms with Gasteiger partial charge in [0.2, 0.25) is 0 Å². The second-order valence-electron chi connectivity index (χ2n) is 2.95. The van der Waals surface area contributed by atoms with Crippen LogP contribution in [-0.4, -0.2) is 0 Å². The number of hydrogen-bond acceptors (Lipinski definition) is 0. The summed E-state index contributed by atoms with van der Waals surface area (Å²) in [6.07, 6.45) is 2.72. The van der Waals surface area contributed by atoms with Gasteiger partial charge in [-0.25, -0.2) is 0 Å². The zero-order valence-electron chi connectivity index (χ0n) is 5.98. The third-order valence-corrected chi connectivity index (χ3v) is 3.53. The van der Waals surface area contributed by atoms with Crippen LogP contribution in [0.15, 0.2) is 18.2 Å². The van der Waals surface area contributed by atoms with Gasteiger partial charge in [0.05, 0.1) is 5.02 Å². The van der Waals surface area contributed by atoms with E-state index in [4.69, 9.17) is 11.6 Å². The Morgan fingerprint density at radius 2 is 2.09 bits per heavy atom. The molecule has 1 aromatic rings. The summed E-state index contributed by atoms with van der Waals surface area (Å²) in [4.78, 5) is 0. The summed E-state index contributed by atoms with van der Waals surface area (Å²) >= 11 is 8.18. The van der Waals surface area contributed by atoms with Crippen LogP contribution in [0, 0.1) is 3.57 Å². The molecule has 1 aromatic carbocycles. The average Bonchev–Trinajstić information content (AvgIpc) is 2.77. The van der Waals surface area contributed by atoms with E-state index in [1.807, 2.05) is 6.07 Å². The highest BCUT2D eigenvalue weighted by molar-refractivity contribution is 14.1. The summed E-state index contributed by atoms with van der Waals surface area (Å²) in [5.74, 6) is 0.834. The summed E-state index contributed by atoms with van der Waals surface area (Å²) in [7, 11) is 0. The van der Waals surface area contributed by atoms with Gasteiger partial charge in [-0.05, 0) is 59.0 Å². The second kappa shape index (κ2) is 2.94. The molecule has 0 saturated heterocycles. The Kier molecular flexibility index (Phi) is 2.10. The maximum atomic E-state index is 5.90. The Morgan fingerprint density at radius 1 is 1.36 bits per heavy atom. The number of hydrogen-bond donors (Lipinski definition) is 0. The van der Waals surface area contributed by atoms with Gasteiger partial charge in [-0.1, -0.05) is 17.7 Å². The van der Waals surface area contributed by atoms with Gasteiger partial charge in [0.15, 0.2) is 0 Å². The standard InChI is InChI=1S/C9H8ClI/c10-8-4-3-7(5-9(8)11)6-1-2-6/h3-6H,1-2H2. The Balaban J connectivity index is 2.36. The van der Waals surface area contributed by atoms with E-state index in [1.165, 1.54) is 22.0 Å². The molecule has 1 aliphatic rings. The van der Waals surface area contributed by atoms with Gasteiger partial charge in [-0.15, -0.1) is 0 Å². The van der Waals surface area contributed by atoms with Crippen molar-refractivity contribution in [2.45, 2.75) is 18.8 Å². The molecule has 0 radical (unpaired) electrons. The largest absolute Gasteiger partial charge is 0.0832 e. The lowest BCUT2D eigenvalue weighted by atomic mass is 10.1. The highest BCUT2D eigenvalue weighted by atomic mass is 127. The predicted molar refractivity (Wildman–Crippen MR) is 56.1 cm³/mol. The van der Waals surface area contributed by atoms with Gasteiger partial charge in [-0.2, -0.15) is 0 Å². The van der Waals surface area contributed by atoms with Crippen molar-refractivity contribution in [2.75, 3.05) is 0 Å². The molecule has 0 spiro atoms. The predicted octanol–water partition coefficient (Wildman–Crippen LogP) is 3.82. The van der Waals surface area contributed by atoms with Crippen LogP contribution in [0.3, 0.4) is 0 Å². The number of halogens is 2. The van der Waals surface area contributed by atoms with Gasteiger partial charge in [0, 0.05) is 3.57 Å². The second-order valence-corrected chi connectivity index (χ2v) is 4.52. The average molecular weight is 279 g/mol. The van der Waals surface area contributed by atoms with Crippen molar-refractivity contribution in [3.05, 3.63) is 32.4 Å². The third-order valence-electron chi connectivity index (χ3n) is 1.99. The van der Waals surface area contributed by atoms with Crippen molar-refractivity contribution in [3.8, 4) is 0 Å². The molecule has 0 aromatic heterocycles. The molecule has 11 heavy (non-hydrogen) atoms. The molecule has 0 heterocycles. The van der Waals surface area contributed by atoms with E-state index in [-0.39, 0.29) is 0 Å². The smallest absolute Gasteiger partial charge is 0.0539 e. The Morgan fingerprint density at radius 3 is 2.64 bits per heavy atom. The summed E-state index contributed by atoms with van der Waals surface area (Å²) in [6, 6.07) is 6.33. The molecular formula is C9H8ClI. The van der Waals surface area contributed by atoms with E-state index in [0.29, 0.717) is 0 Å². The summed E-state index contributed by atoms with van der Waals surface area (Å²) in [5.41, 5.74) is 1.46. The maximum Gasteiger partial charge on any atom is 0.0539 e. The molecule has 2 heteroatoms. The highest BCUT2D eigenvalue weighted by Crippen LogP contribution is 2.41. The first kappa shape index (κ1) is 7.87. The van der Waals surface area contributed by atoms with Crippen LogP contribution in [0.1, 0.15) is 24.3 Å². The van der Waals surface area contributed by atoms with Crippen molar-refractivity contribution < 1.29 is 0 Å². The molecule has 0 atom stereocenters. The fraction of sp³-hybridized carbons (Fsp3) is 0.333. The quantitative estimate of drug-likeness (QED) is 0.685. The van der Waals surface area contributed by atoms with Crippen LogP contribution in [-0.2, 0) is 0 Å².